The predicted molar refractivity (Wildman–Crippen MR) is 186 cm³/mol. The van der Waals surface area contributed by atoms with E-state index in [1.54, 1.807) is 55.5 Å². The van der Waals surface area contributed by atoms with Crippen LogP contribution in [0.1, 0.15) is 36.1 Å². The second kappa shape index (κ2) is 15.4. The summed E-state index contributed by atoms with van der Waals surface area (Å²) in [5.41, 5.74) is 2.84. The van der Waals surface area contributed by atoms with Gasteiger partial charge < -0.3 is 10.2 Å². The molecule has 0 aliphatic heterocycles. The third-order valence-corrected chi connectivity index (χ3v) is 10.4. The van der Waals surface area contributed by atoms with E-state index in [4.69, 9.17) is 34.8 Å². The Morgan fingerprint density at radius 1 is 0.783 bits per heavy atom. The molecule has 4 aromatic carbocycles. The average molecular weight is 701 g/mol. The Balaban J connectivity index is 1.87. The van der Waals surface area contributed by atoms with Gasteiger partial charge >= 0.3 is 0 Å². The van der Waals surface area contributed by atoms with E-state index in [1.165, 1.54) is 17.0 Å². The zero-order valence-corrected chi connectivity index (χ0v) is 29.1. The molecule has 1 atom stereocenters. The molecule has 0 saturated heterocycles. The fourth-order valence-corrected chi connectivity index (χ4v) is 7.16. The van der Waals surface area contributed by atoms with E-state index in [9.17, 15) is 18.0 Å². The second-order valence-electron chi connectivity index (χ2n) is 11.3. The zero-order chi connectivity index (χ0) is 33.6. The van der Waals surface area contributed by atoms with E-state index in [2.05, 4.69) is 5.32 Å². The molecule has 0 unspecified atom stereocenters. The van der Waals surface area contributed by atoms with Crippen molar-refractivity contribution in [2.24, 2.45) is 0 Å². The Bertz CT molecular complexity index is 1780. The van der Waals surface area contributed by atoms with Crippen LogP contribution in [0.2, 0.25) is 15.1 Å². The lowest BCUT2D eigenvalue weighted by atomic mass is 10.0. The number of carbonyl (C=O) groups excluding carboxylic acids is 2. The fraction of sp³-hybridized carbons (Fsp3) is 0.257. The lowest BCUT2D eigenvalue weighted by Crippen LogP contribution is -2.54. The number of nitrogens with one attached hydrogen (secondary N) is 1. The van der Waals surface area contributed by atoms with Crippen LogP contribution < -0.4 is 9.62 Å². The average Bonchev–Trinajstić information content (AvgIpc) is 3.00. The number of hydrogen-bond acceptors (Lipinski definition) is 4. The van der Waals surface area contributed by atoms with Crippen molar-refractivity contribution in [1.82, 2.24) is 10.2 Å². The molecule has 0 bridgehead atoms. The van der Waals surface area contributed by atoms with Crippen LogP contribution in [-0.4, -0.2) is 43.8 Å². The standard InChI is InChI=1S/C35H36Cl3N3O4S/c1-23(2)39-35(43)33(20-26-10-6-5-7-11-26)40(21-28-30(37)13-8-14-31(28)38)34(42)22-41(32-15-9-12-29(36)25(32)4)46(44,45)27-18-16-24(3)17-19-27/h5-19,23,33H,20-22H2,1-4H3,(H,39,43)/t33-/m0/s1. The van der Waals surface area contributed by atoms with Gasteiger partial charge in [-0.3, -0.25) is 13.9 Å². The molecule has 0 aromatic heterocycles. The van der Waals surface area contributed by atoms with Crippen molar-refractivity contribution in [2.75, 3.05) is 10.8 Å². The minimum atomic E-state index is -4.28. The molecule has 0 saturated carbocycles. The van der Waals surface area contributed by atoms with Crippen molar-refractivity contribution in [2.45, 2.75) is 57.6 Å². The largest absolute Gasteiger partial charge is 0.352 e. The number of halogens is 3. The highest BCUT2D eigenvalue weighted by molar-refractivity contribution is 7.92. The molecule has 4 rings (SSSR count). The zero-order valence-electron chi connectivity index (χ0n) is 26.0. The van der Waals surface area contributed by atoms with E-state index < -0.39 is 34.4 Å². The lowest BCUT2D eigenvalue weighted by molar-refractivity contribution is -0.140. The number of sulfonamides is 1. The molecule has 2 amide bonds. The fourth-order valence-electron chi connectivity index (χ4n) is 5.01. The first-order chi connectivity index (χ1) is 21.8. The molecule has 0 fully saturated rings. The SMILES string of the molecule is Cc1ccc(S(=O)(=O)N(CC(=O)N(Cc2c(Cl)cccc2Cl)[C@@H](Cc2ccccc2)C(=O)NC(C)C)c2cccc(Cl)c2C)cc1. The molecular weight excluding hydrogens is 665 g/mol. The van der Waals surface area contributed by atoms with Gasteiger partial charge in [-0.15, -0.1) is 0 Å². The Morgan fingerprint density at radius 2 is 1.37 bits per heavy atom. The van der Waals surface area contributed by atoms with Gasteiger partial charge in [-0.05, 0) is 75.2 Å². The highest BCUT2D eigenvalue weighted by Crippen LogP contribution is 2.32. The first-order valence-corrected chi connectivity index (χ1v) is 17.3. The number of aryl methyl sites for hydroxylation is 1. The molecule has 0 heterocycles. The van der Waals surface area contributed by atoms with Crippen LogP contribution in [-0.2, 0) is 32.6 Å². The summed E-state index contributed by atoms with van der Waals surface area (Å²) in [5.74, 6) is -1.03. The smallest absolute Gasteiger partial charge is 0.264 e. The summed E-state index contributed by atoms with van der Waals surface area (Å²) in [5, 5.41) is 3.88. The van der Waals surface area contributed by atoms with Crippen LogP contribution in [0.15, 0.2) is 95.9 Å². The van der Waals surface area contributed by atoms with Crippen LogP contribution in [0.4, 0.5) is 5.69 Å². The number of carbonyl (C=O) groups is 2. The van der Waals surface area contributed by atoms with E-state index >= 15 is 0 Å². The number of amides is 2. The summed E-state index contributed by atoms with van der Waals surface area (Å²) in [6, 6.07) is 24.3. The Kier molecular flexibility index (Phi) is 11.8. The maximum absolute atomic E-state index is 14.6. The third-order valence-electron chi connectivity index (χ3n) is 7.49. The van der Waals surface area contributed by atoms with Crippen molar-refractivity contribution in [3.8, 4) is 0 Å². The minimum absolute atomic E-state index is 0.00404. The van der Waals surface area contributed by atoms with Gasteiger partial charge in [0.1, 0.15) is 12.6 Å². The first kappa shape index (κ1) is 35.3. The van der Waals surface area contributed by atoms with E-state index in [0.29, 0.717) is 26.2 Å². The van der Waals surface area contributed by atoms with Crippen LogP contribution in [0.25, 0.3) is 0 Å². The molecule has 46 heavy (non-hydrogen) atoms. The van der Waals surface area contributed by atoms with Gasteiger partial charge in [0.2, 0.25) is 11.8 Å². The van der Waals surface area contributed by atoms with E-state index in [1.807, 2.05) is 51.1 Å². The van der Waals surface area contributed by atoms with Gasteiger partial charge in [0, 0.05) is 39.6 Å². The highest BCUT2D eigenvalue weighted by atomic mass is 35.5. The topological polar surface area (TPSA) is 86.8 Å². The molecule has 11 heteroatoms. The van der Waals surface area contributed by atoms with Crippen molar-refractivity contribution >= 4 is 62.3 Å². The monoisotopic (exact) mass is 699 g/mol. The molecule has 0 radical (unpaired) electrons. The van der Waals surface area contributed by atoms with Crippen molar-refractivity contribution < 1.29 is 18.0 Å². The van der Waals surface area contributed by atoms with E-state index in [0.717, 1.165) is 15.4 Å². The highest BCUT2D eigenvalue weighted by Gasteiger charge is 2.36. The summed E-state index contributed by atoms with van der Waals surface area (Å²) in [6.07, 6.45) is 0.161. The number of anilines is 1. The van der Waals surface area contributed by atoms with Gasteiger partial charge in [-0.2, -0.15) is 0 Å². The summed E-state index contributed by atoms with van der Waals surface area (Å²) in [7, 11) is -4.28. The maximum atomic E-state index is 14.6. The van der Waals surface area contributed by atoms with Crippen LogP contribution in [0, 0.1) is 13.8 Å². The maximum Gasteiger partial charge on any atom is 0.264 e. The summed E-state index contributed by atoms with van der Waals surface area (Å²) in [6.45, 7) is 6.42. The van der Waals surface area contributed by atoms with Gasteiger partial charge in [-0.25, -0.2) is 8.42 Å². The lowest BCUT2D eigenvalue weighted by Gasteiger charge is -2.35. The van der Waals surface area contributed by atoms with Crippen LogP contribution in [0.5, 0.6) is 0 Å². The normalized spacial score (nSPS) is 12.1. The summed E-state index contributed by atoms with van der Waals surface area (Å²) < 4.78 is 29.6. The Hall–Kier alpha value is -3.56. The predicted octanol–water partition coefficient (Wildman–Crippen LogP) is 7.62. The molecule has 242 valence electrons. The molecule has 7 nitrogen and oxygen atoms in total. The number of rotatable bonds is 12. The van der Waals surface area contributed by atoms with E-state index in [-0.39, 0.29) is 29.6 Å². The third kappa shape index (κ3) is 8.42. The van der Waals surface area contributed by atoms with Crippen molar-refractivity contribution in [3.63, 3.8) is 0 Å². The molecule has 1 N–H and O–H groups in total. The van der Waals surface area contributed by atoms with Crippen LogP contribution >= 0.6 is 34.8 Å². The molecule has 0 aliphatic carbocycles. The number of hydrogen-bond donors (Lipinski definition) is 1. The minimum Gasteiger partial charge on any atom is -0.352 e. The van der Waals surface area contributed by atoms with Crippen molar-refractivity contribution in [1.29, 1.82) is 0 Å². The van der Waals surface area contributed by atoms with Gasteiger partial charge in [0.05, 0.1) is 10.6 Å². The Morgan fingerprint density at radius 3 is 1.98 bits per heavy atom. The van der Waals surface area contributed by atoms with Gasteiger partial charge in [0.25, 0.3) is 10.0 Å². The first-order valence-electron chi connectivity index (χ1n) is 14.7. The van der Waals surface area contributed by atoms with Gasteiger partial charge in [0.15, 0.2) is 0 Å². The quantitative estimate of drug-likeness (QED) is 0.165. The molecule has 0 spiro atoms. The Labute approximate surface area is 286 Å². The number of benzene rings is 4. The van der Waals surface area contributed by atoms with Gasteiger partial charge in [-0.1, -0.05) is 95.0 Å². The number of nitrogens with zero attached hydrogens (tertiary/aromatic N) is 2. The van der Waals surface area contributed by atoms with Crippen LogP contribution in [0.3, 0.4) is 0 Å². The summed E-state index contributed by atoms with van der Waals surface area (Å²) in [4.78, 5) is 29.8. The molecule has 0 aliphatic rings. The molecule has 4 aromatic rings. The van der Waals surface area contributed by atoms with Crippen molar-refractivity contribution in [3.05, 3.63) is 128 Å². The molecular formula is C35H36Cl3N3O4S. The second-order valence-corrected chi connectivity index (χ2v) is 14.4. The summed E-state index contributed by atoms with van der Waals surface area (Å²) >= 11 is 19.6.